The lowest BCUT2D eigenvalue weighted by Crippen LogP contribution is -2.10. The molecule has 0 heterocycles. The van der Waals surface area contributed by atoms with Crippen LogP contribution in [0.5, 0.6) is 5.75 Å². The standard InChI is InChI=1S/C16H19NO/c1-11(2)8-16(17)14-5-4-13-10-15(18-3)7-6-12(13)9-14/h4-7,9-10,16H,1,8,17H2,2-3H3/t16-/m0/s1. The van der Waals surface area contributed by atoms with Gasteiger partial charge in [-0.1, -0.05) is 23.8 Å². The van der Waals surface area contributed by atoms with Crippen molar-refractivity contribution in [1.82, 2.24) is 0 Å². The lowest BCUT2D eigenvalue weighted by Gasteiger charge is -2.13. The Morgan fingerprint density at radius 3 is 2.56 bits per heavy atom. The fraction of sp³-hybridized carbons (Fsp3) is 0.250. The average Bonchev–Trinajstić information content (AvgIpc) is 2.36. The van der Waals surface area contributed by atoms with E-state index in [9.17, 15) is 0 Å². The van der Waals surface area contributed by atoms with Crippen LogP contribution in [0.3, 0.4) is 0 Å². The van der Waals surface area contributed by atoms with Crippen molar-refractivity contribution in [2.24, 2.45) is 5.73 Å². The summed E-state index contributed by atoms with van der Waals surface area (Å²) >= 11 is 0. The Balaban J connectivity index is 2.35. The number of benzene rings is 2. The Kier molecular flexibility index (Phi) is 3.68. The van der Waals surface area contributed by atoms with Gasteiger partial charge in [0, 0.05) is 6.04 Å². The second-order valence-corrected chi connectivity index (χ2v) is 4.74. The molecule has 94 valence electrons. The van der Waals surface area contributed by atoms with Crippen LogP contribution in [-0.4, -0.2) is 7.11 Å². The second kappa shape index (κ2) is 5.23. The summed E-state index contributed by atoms with van der Waals surface area (Å²) in [4.78, 5) is 0. The van der Waals surface area contributed by atoms with Gasteiger partial charge in [0.1, 0.15) is 5.75 Å². The predicted octanol–water partition coefficient (Wildman–Crippen LogP) is 3.81. The van der Waals surface area contributed by atoms with E-state index in [-0.39, 0.29) is 6.04 Å². The largest absolute Gasteiger partial charge is 0.497 e. The van der Waals surface area contributed by atoms with Crippen molar-refractivity contribution in [3.63, 3.8) is 0 Å². The topological polar surface area (TPSA) is 35.2 Å². The Hall–Kier alpha value is -1.80. The third-order valence-electron chi connectivity index (χ3n) is 3.07. The highest BCUT2D eigenvalue weighted by Crippen LogP contribution is 2.25. The number of hydrogen-bond donors (Lipinski definition) is 1. The van der Waals surface area contributed by atoms with Crippen molar-refractivity contribution in [2.75, 3.05) is 7.11 Å². The molecule has 0 aliphatic carbocycles. The van der Waals surface area contributed by atoms with Crippen LogP contribution in [0.15, 0.2) is 48.6 Å². The number of ether oxygens (including phenoxy) is 1. The van der Waals surface area contributed by atoms with Gasteiger partial charge in [0.25, 0.3) is 0 Å². The molecule has 0 amide bonds. The number of nitrogens with two attached hydrogens (primary N) is 1. The smallest absolute Gasteiger partial charge is 0.119 e. The van der Waals surface area contributed by atoms with Gasteiger partial charge in [-0.25, -0.2) is 0 Å². The van der Waals surface area contributed by atoms with Gasteiger partial charge in [-0.2, -0.15) is 0 Å². The van der Waals surface area contributed by atoms with Gasteiger partial charge in [0.15, 0.2) is 0 Å². The van der Waals surface area contributed by atoms with Crippen LogP contribution in [0.2, 0.25) is 0 Å². The first-order valence-corrected chi connectivity index (χ1v) is 6.08. The molecule has 0 radical (unpaired) electrons. The number of methoxy groups -OCH3 is 1. The van der Waals surface area contributed by atoms with Gasteiger partial charge < -0.3 is 10.5 Å². The lowest BCUT2D eigenvalue weighted by molar-refractivity contribution is 0.415. The zero-order chi connectivity index (χ0) is 13.1. The molecule has 0 aromatic heterocycles. The molecule has 1 atom stereocenters. The molecule has 0 spiro atoms. The molecule has 2 rings (SSSR count). The van der Waals surface area contributed by atoms with E-state index in [2.05, 4.69) is 30.8 Å². The molecule has 18 heavy (non-hydrogen) atoms. The highest BCUT2D eigenvalue weighted by atomic mass is 16.5. The normalized spacial score (nSPS) is 12.4. The van der Waals surface area contributed by atoms with Crippen LogP contribution in [0, 0.1) is 0 Å². The third-order valence-corrected chi connectivity index (χ3v) is 3.07. The quantitative estimate of drug-likeness (QED) is 0.826. The van der Waals surface area contributed by atoms with Gasteiger partial charge in [-0.15, -0.1) is 6.58 Å². The predicted molar refractivity (Wildman–Crippen MR) is 76.9 cm³/mol. The summed E-state index contributed by atoms with van der Waals surface area (Å²) in [5.41, 5.74) is 8.41. The molecule has 2 heteroatoms. The summed E-state index contributed by atoms with van der Waals surface area (Å²) in [5.74, 6) is 0.876. The van der Waals surface area contributed by atoms with Crippen LogP contribution in [0.25, 0.3) is 10.8 Å². The number of hydrogen-bond acceptors (Lipinski definition) is 2. The molecule has 0 aliphatic rings. The van der Waals surface area contributed by atoms with E-state index in [1.165, 1.54) is 10.8 Å². The molecule has 0 bridgehead atoms. The first-order valence-electron chi connectivity index (χ1n) is 6.08. The van der Waals surface area contributed by atoms with Gasteiger partial charge in [0.05, 0.1) is 7.11 Å². The summed E-state index contributed by atoms with van der Waals surface area (Å²) < 4.78 is 5.22. The first kappa shape index (κ1) is 12.7. The molecule has 2 N–H and O–H groups in total. The summed E-state index contributed by atoms with van der Waals surface area (Å²) in [6.07, 6.45) is 0.821. The number of fused-ring (bicyclic) bond motifs is 1. The lowest BCUT2D eigenvalue weighted by atomic mass is 9.98. The Morgan fingerprint density at radius 2 is 1.89 bits per heavy atom. The highest BCUT2D eigenvalue weighted by molar-refractivity contribution is 5.84. The maximum Gasteiger partial charge on any atom is 0.119 e. The van der Waals surface area contributed by atoms with E-state index in [0.717, 1.165) is 23.3 Å². The summed E-state index contributed by atoms with van der Waals surface area (Å²) in [7, 11) is 1.68. The molecule has 0 saturated carbocycles. The van der Waals surface area contributed by atoms with E-state index >= 15 is 0 Å². The highest BCUT2D eigenvalue weighted by Gasteiger charge is 2.07. The molecule has 2 aromatic rings. The van der Waals surface area contributed by atoms with Gasteiger partial charge in [-0.05, 0) is 47.9 Å². The van der Waals surface area contributed by atoms with Crippen LogP contribution < -0.4 is 10.5 Å². The van der Waals surface area contributed by atoms with Crippen molar-refractivity contribution in [3.05, 3.63) is 54.1 Å². The summed E-state index contributed by atoms with van der Waals surface area (Å²) in [6, 6.07) is 12.4. The molecule has 0 fully saturated rings. The van der Waals surface area contributed by atoms with E-state index < -0.39 is 0 Å². The van der Waals surface area contributed by atoms with Gasteiger partial charge in [0.2, 0.25) is 0 Å². The van der Waals surface area contributed by atoms with E-state index in [1.54, 1.807) is 7.11 Å². The minimum Gasteiger partial charge on any atom is -0.497 e. The fourth-order valence-corrected chi connectivity index (χ4v) is 2.09. The van der Waals surface area contributed by atoms with Crippen LogP contribution in [-0.2, 0) is 0 Å². The maximum atomic E-state index is 6.16. The molecular weight excluding hydrogens is 222 g/mol. The van der Waals surface area contributed by atoms with Crippen molar-refractivity contribution in [2.45, 2.75) is 19.4 Å². The first-order chi connectivity index (χ1) is 8.60. The van der Waals surface area contributed by atoms with Gasteiger partial charge in [-0.3, -0.25) is 0 Å². The Bertz CT molecular complexity index is 574. The second-order valence-electron chi connectivity index (χ2n) is 4.74. The van der Waals surface area contributed by atoms with Crippen molar-refractivity contribution in [3.8, 4) is 5.75 Å². The van der Waals surface area contributed by atoms with E-state index in [1.807, 2.05) is 19.1 Å². The minimum absolute atomic E-state index is 0.0222. The van der Waals surface area contributed by atoms with Crippen LogP contribution >= 0.6 is 0 Å². The maximum absolute atomic E-state index is 6.16. The molecule has 2 aromatic carbocycles. The van der Waals surface area contributed by atoms with Crippen molar-refractivity contribution in [1.29, 1.82) is 0 Å². The van der Waals surface area contributed by atoms with Gasteiger partial charge >= 0.3 is 0 Å². The zero-order valence-corrected chi connectivity index (χ0v) is 10.9. The van der Waals surface area contributed by atoms with Crippen molar-refractivity contribution >= 4 is 10.8 Å². The van der Waals surface area contributed by atoms with Crippen LogP contribution in [0.1, 0.15) is 24.9 Å². The van der Waals surface area contributed by atoms with E-state index in [4.69, 9.17) is 10.5 Å². The summed E-state index contributed by atoms with van der Waals surface area (Å²) in [6.45, 7) is 5.91. The Labute approximate surface area is 108 Å². The zero-order valence-electron chi connectivity index (χ0n) is 10.9. The Morgan fingerprint density at radius 1 is 1.22 bits per heavy atom. The minimum atomic E-state index is 0.0222. The summed E-state index contributed by atoms with van der Waals surface area (Å²) in [5, 5.41) is 2.35. The number of rotatable bonds is 4. The molecule has 0 unspecified atom stereocenters. The SMILES string of the molecule is C=C(C)C[C@H](N)c1ccc2cc(OC)ccc2c1. The third kappa shape index (κ3) is 2.71. The average molecular weight is 241 g/mol. The van der Waals surface area contributed by atoms with E-state index in [0.29, 0.717) is 0 Å². The molecule has 2 nitrogen and oxygen atoms in total. The monoisotopic (exact) mass is 241 g/mol. The molecule has 0 aliphatic heterocycles. The molecule has 0 saturated heterocycles. The van der Waals surface area contributed by atoms with Crippen LogP contribution in [0.4, 0.5) is 0 Å². The van der Waals surface area contributed by atoms with Crippen molar-refractivity contribution < 1.29 is 4.74 Å². The molecular formula is C16H19NO. The fourth-order valence-electron chi connectivity index (χ4n) is 2.09.